The molecule has 3 rings (SSSR count). The molecule has 0 spiro atoms. The van der Waals surface area contributed by atoms with E-state index in [0.717, 1.165) is 51.5 Å². The van der Waals surface area contributed by atoms with Crippen molar-refractivity contribution in [2.24, 2.45) is 0 Å². The van der Waals surface area contributed by atoms with Gasteiger partial charge in [-0.3, -0.25) is 4.90 Å². The lowest BCUT2D eigenvalue weighted by Gasteiger charge is -2.29. The molecule has 0 aromatic carbocycles. The average molecular weight is 262 g/mol. The third-order valence-electron chi connectivity index (χ3n) is 3.89. The van der Waals surface area contributed by atoms with Gasteiger partial charge in [0.15, 0.2) is 0 Å². The molecule has 0 amide bonds. The lowest BCUT2D eigenvalue weighted by atomic mass is 10.2. The molecular formula is C14H22N4O. The van der Waals surface area contributed by atoms with Gasteiger partial charge >= 0.3 is 0 Å². The predicted molar refractivity (Wildman–Crippen MR) is 74.4 cm³/mol. The molecule has 1 N–H and O–H groups in total. The number of fused-ring (bicyclic) bond motifs is 1. The van der Waals surface area contributed by atoms with E-state index >= 15 is 0 Å². The highest BCUT2D eigenvalue weighted by Crippen LogP contribution is 2.25. The normalized spacial score (nSPS) is 21.1. The summed E-state index contributed by atoms with van der Waals surface area (Å²) in [6.45, 7) is 7.05. The maximum absolute atomic E-state index is 5.38. The molecule has 5 nitrogen and oxygen atoms in total. The molecule has 1 aliphatic heterocycles. The van der Waals surface area contributed by atoms with Gasteiger partial charge in [-0.2, -0.15) is 0 Å². The maximum atomic E-state index is 5.38. The van der Waals surface area contributed by atoms with Crippen LogP contribution in [-0.4, -0.2) is 53.8 Å². The zero-order chi connectivity index (χ0) is 13.1. The summed E-state index contributed by atoms with van der Waals surface area (Å²) in [7, 11) is 0. The SMILES string of the molecule is CC(CN1CCOCC1)Nc1ncnc2c1CCC2. The molecule has 1 atom stereocenters. The Balaban J connectivity index is 1.60. The lowest BCUT2D eigenvalue weighted by Crippen LogP contribution is -2.42. The van der Waals surface area contributed by atoms with Crippen molar-refractivity contribution < 1.29 is 4.74 Å². The molecule has 104 valence electrons. The minimum absolute atomic E-state index is 0.401. The van der Waals surface area contributed by atoms with E-state index in [-0.39, 0.29) is 0 Å². The topological polar surface area (TPSA) is 50.3 Å². The molecule has 1 aliphatic carbocycles. The quantitative estimate of drug-likeness (QED) is 0.880. The van der Waals surface area contributed by atoms with E-state index in [1.807, 2.05) is 0 Å². The van der Waals surface area contributed by atoms with Crippen molar-refractivity contribution in [3.8, 4) is 0 Å². The summed E-state index contributed by atoms with van der Waals surface area (Å²) in [5.74, 6) is 1.04. The summed E-state index contributed by atoms with van der Waals surface area (Å²) in [5, 5.41) is 3.56. The Morgan fingerprint density at radius 1 is 1.32 bits per heavy atom. The summed E-state index contributed by atoms with van der Waals surface area (Å²) in [6, 6.07) is 0.401. The van der Waals surface area contributed by atoms with Gasteiger partial charge < -0.3 is 10.1 Å². The van der Waals surface area contributed by atoms with Crippen LogP contribution in [0.4, 0.5) is 5.82 Å². The second-order valence-corrected chi connectivity index (χ2v) is 5.46. The van der Waals surface area contributed by atoms with Gasteiger partial charge in [0.25, 0.3) is 0 Å². The number of nitrogens with zero attached hydrogens (tertiary/aromatic N) is 3. The summed E-state index contributed by atoms with van der Waals surface area (Å²) in [5.41, 5.74) is 2.56. The zero-order valence-corrected chi connectivity index (χ0v) is 11.6. The van der Waals surface area contributed by atoms with Crippen LogP contribution in [0.1, 0.15) is 24.6 Å². The highest BCUT2D eigenvalue weighted by Gasteiger charge is 2.19. The Morgan fingerprint density at radius 2 is 2.16 bits per heavy atom. The van der Waals surface area contributed by atoms with Crippen molar-refractivity contribution in [3.63, 3.8) is 0 Å². The number of morpholine rings is 1. The standard InChI is InChI=1S/C14H22N4O/c1-11(9-18-5-7-19-8-6-18)17-14-12-3-2-4-13(12)15-10-16-14/h10-11H,2-9H2,1H3,(H,15,16,17). The Hall–Kier alpha value is -1.20. The highest BCUT2D eigenvalue weighted by molar-refractivity contribution is 5.48. The predicted octanol–water partition coefficient (Wildman–Crippen LogP) is 1.10. The minimum atomic E-state index is 0.401. The number of aromatic nitrogens is 2. The average Bonchev–Trinajstić information content (AvgIpc) is 2.89. The van der Waals surface area contributed by atoms with Crippen LogP contribution < -0.4 is 5.32 Å². The van der Waals surface area contributed by atoms with Crippen molar-refractivity contribution >= 4 is 5.82 Å². The summed E-state index contributed by atoms with van der Waals surface area (Å²) in [6.07, 6.45) is 5.11. The van der Waals surface area contributed by atoms with Gasteiger partial charge in [0.05, 0.1) is 13.2 Å². The van der Waals surface area contributed by atoms with Crippen LogP contribution in [0.2, 0.25) is 0 Å². The Labute approximate surface area is 114 Å². The maximum Gasteiger partial charge on any atom is 0.133 e. The number of aryl methyl sites for hydroxylation is 1. The van der Waals surface area contributed by atoms with Crippen LogP contribution in [0.3, 0.4) is 0 Å². The lowest BCUT2D eigenvalue weighted by molar-refractivity contribution is 0.0368. The fourth-order valence-corrected chi connectivity index (χ4v) is 2.93. The van der Waals surface area contributed by atoms with Gasteiger partial charge in [-0.05, 0) is 26.2 Å². The van der Waals surface area contributed by atoms with Gasteiger partial charge in [-0.1, -0.05) is 0 Å². The first-order valence-corrected chi connectivity index (χ1v) is 7.22. The second kappa shape index (κ2) is 5.84. The van der Waals surface area contributed by atoms with Gasteiger partial charge in [-0.15, -0.1) is 0 Å². The molecule has 1 fully saturated rings. The van der Waals surface area contributed by atoms with Gasteiger partial charge in [0.1, 0.15) is 12.1 Å². The van der Waals surface area contributed by atoms with E-state index in [0.29, 0.717) is 6.04 Å². The monoisotopic (exact) mass is 262 g/mol. The number of hydrogen-bond acceptors (Lipinski definition) is 5. The molecule has 5 heteroatoms. The number of rotatable bonds is 4. The zero-order valence-electron chi connectivity index (χ0n) is 11.6. The Kier molecular flexibility index (Phi) is 3.94. The first-order valence-electron chi connectivity index (χ1n) is 7.22. The largest absolute Gasteiger partial charge is 0.379 e. The van der Waals surface area contributed by atoms with E-state index in [4.69, 9.17) is 4.74 Å². The molecule has 0 radical (unpaired) electrons. The van der Waals surface area contributed by atoms with Crippen LogP contribution >= 0.6 is 0 Å². The molecule has 0 saturated carbocycles. The summed E-state index contributed by atoms with van der Waals surface area (Å²) < 4.78 is 5.38. The summed E-state index contributed by atoms with van der Waals surface area (Å²) in [4.78, 5) is 11.2. The molecular weight excluding hydrogens is 240 g/mol. The minimum Gasteiger partial charge on any atom is -0.379 e. The number of anilines is 1. The second-order valence-electron chi connectivity index (χ2n) is 5.46. The van der Waals surface area contributed by atoms with E-state index in [2.05, 4.69) is 27.1 Å². The van der Waals surface area contributed by atoms with E-state index < -0.39 is 0 Å². The van der Waals surface area contributed by atoms with E-state index in [9.17, 15) is 0 Å². The number of ether oxygens (including phenoxy) is 1. The van der Waals surface area contributed by atoms with Crippen LogP contribution in [0.25, 0.3) is 0 Å². The first kappa shape index (κ1) is 12.8. The van der Waals surface area contributed by atoms with Gasteiger partial charge in [-0.25, -0.2) is 9.97 Å². The highest BCUT2D eigenvalue weighted by atomic mass is 16.5. The van der Waals surface area contributed by atoms with Gasteiger partial charge in [0, 0.05) is 36.9 Å². The number of nitrogens with one attached hydrogen (secondary N) is 1. The van der Waals surface area contributed by atoms with Crippen molar-refractivity contribution in [2.75, 3.05) is 38.2 Å². The smallest absolute Gasteiger partial charge is 0.133 e. The van der Waals surface area contributed by atoms with Crippen molar-refractivity contribution in [1.29, 1.82) is 0 Å². The number of hydrogen-bond donors (Lipinski definition) is 1. The fourth-order valence-electron chi connectivity index (χ4n) is 2.93. The molecule has 1 aromatic rings. The Bertz CT molecular complexity index is 431. The molecule has 19 heavy (non-hydrogen) atoms. The van der Waals surface area contributed by atoms with Crippen molar-refractivity contribution in [3.05, 3.63) is 17.6 Å². The Morgan fingerprint density at radius 3 is 3.00 bits per heavy atom. The first-order chi connectivity index (χ1) is 9.33. The van der Waals surface area contributed by atoms with E-state index in [1.165, 1.54) is 17.7 Å². The fraction of sp³-hybridized carbons (Fsp3) is 0.714. The molecule has 2 heterocycles. The molecule has 0 bridgehead atoms. The van der Waals surface area contributed by atoms with Gasteiger partial charge in [0.2, 0.25) is 0 Å². The van der Waals surface area contributed by atoms with Crippen LogP contribution in [0.15, 0.2) is 6.33 Å². The molecule has 1 aromatic heterocycles. The van der Waals surface area contributed by atoms with Crippen LogP contribution in [-0.2, 0) is 17.6 Å². The third-order valence-corrected chi connectivity index (χ3v) is 3.89. The van der Waals surface area contributed by atoms with Crippen molar-refractivity contribution in [2.45, 2.75) is 32.2 Å². The third kappa shape index (κ3) is 3.04. The van der Waals surface area contributed by atoms with Crippen LogP contribution in [0.5, 0.6) is 0 Å². The van der Waals surface area contributed by atoms with E-state index in [1.54, 1.807) is 6.33 Å². The molecule has 1 saturated heterocycles. The van der Waals surface area contributed by atoms with Crippen molar-refractivity contribution in [1.82, 2.24) is 14.9 Å². The summed E-state index contributed by atoms with van der Waals surface area (Å²) >= 11 is 0. The molecule has 2 aliphatic rings. The molecule has 1 unspecified atom stereocenters. The van der Waals surface area contributed by atoms with Crippen LogP contribution in [0, 0.1) is 0 Å².